The summed E-state index contributed by atoms with van der Waals surface area (Å²) in [5.74, 6) is -0.970. The predicted molar refractivity (Wildman–Crippen MR) is 51.7 cm³/mol. The molecule has 84 valence electrons. The largest absolute Gasteiger partial charge is 0.480 e. The van der Waals surface area contributed by atoms with E-state index in [1.165, 1.54) is 0 Å². The Morgan fingerprint density at radius 3 is 2.43 bits per heavy atom. The van der Waals surface area contributed by atoms with Crippen molar-refractivity contribution in [3.63, 3.8) is 0 Å². The van der Waals surface area contributed by atoms with Gasteiger partial charge >= 0.3 is 5.97 Å². The van der Waals surface area contributed by atoms with Crippen LogP contribution in [0.3, 0.4) is 0 Å². The van der Waals surface area contributed by atoms with Crippen LogP contribution in [0.5, 0.6) is 0 Å². The molecule has 0 radical (unpaired) electrons. The van der Waals surface area contributed by atoms with E-state index >= 15 is 0 Å². The number of carbonyl (C=O) groups is 1. The SMILES string of the molecule is CC(C)(C)ONC(CCCO)C(=O)O. The van der Waals surface area contributed by atoms with Gasteiger partial charge in [0.15, 0.2) is 0 Å². The molecule has 0 heterocycles. The van der Waals surface area contributed by atoms with E-state index in [4.69, 9.17) is 15.1 Å². The van der Waals surface area contributed by atoms with E-state index < -0.39 is 17.6 Å². The Bertz CT molecular complexity index is 176. The van der Waals surface area contributed by atoms with Crippen molar-refractivity contribution in [1.29, 1.82) is 0 Å². The van der Waals surface area contributed by atoms with Gasteiger partial charge in [-0.3, -0.25) is 9.63 Å². The van der Waals surface area contributed by atoms with Crippen molar-refractivity contribution >= 4 is 5.97 Å². The molecule has 3 N–H and O–H groups in total. The lowest BCUT2D eigenvalue weighted by atomic mass is 10.2. The second kappa shape index (κ2) is 5.95. The van der Waals surface area contributed by atoms with E-state index in [-0.39, 0.29) is 6.61 Å². The predicted octanol–water partition coefficient (Wildman–Crippen LogP) is 0.532. The van der Waals surface area contributed by atoms with Crippen molar-refractivity contribution in [2.45, 2.75) is 45.3 Å². The monoisotopic (exact) mass is 205 g/mol. The number of aliphatic hydroxyl groups is 1. The van der Waals surface area contributed by atoms with Crippen molar-refractivity contribution < 1.29 is 19.8 Å². The normalized spacial score (nSPS) is 14.0. The molecule has 0 aromatic heterocycles. The maximum atomic E-state index is 10.7. The Balaban J connectivity index is 3.91. The molecule has 0 aliphatic rings. The summed E-state index contributed by atoms with van der Waals surface area (Å²) in [6, 6.07) is -0.763. The van der Waals surface area contributed by atoms with Gasteiger partial charge < -0.3 is 10.2 Å². The molecule has 14 heavy (non-hydrogen) atoms. The van der Waals surface area contributed by atoms with Crippen LogP contribution < -0.4 is 5.48 Å². The molecule has 0 amide bonds. The molecule has 1 unspecified atom stereocenters. The highest BCUT2D eigenvalue weighted by Gasteiger charge is 2.20. The summed E-state index contributed by atoms with van der Waals surface area (Å²) in [7, 11) is 0. The molecule has 0 fully saturated rings. The first-order valence-electron chi connectivity index (χ1n) is 4.64. The van der Waals surface area contributed by atoms with E-state index in [1.807, 2.05) is 20.8 Å². The minimum absolute atomic E-state index is 0.0129. The third-order valence-corrected chi connectivity index (χ3v) is 1.46. The molecule has 0 aromatic carbocycles. The number of hydrogen-bond acceptors (Lipinski definition) is 4. The number of hydroxylamine groups is 1. The van der Waals surface area contributed by atoms with E-state index in [1.54, 1.807) is 0 Å². The Labute approximate surface area is 84.0 Å². The number of nitrogens with one attached hydrogen (secondary N) is 1. The fourth-order valence-corrected chi connectivity index (χ4v) is 0.776. The molecule has 0 aliphatic heterocycles. The Morgan fingerprint density at radius 2 is 2.07 bits per heavy atom. The molecule has 0 aliphatic carbocycles. The molecule has 1 atom stereocenters. The molecule has 0 rings (SSSR count). The van der Waals surface area contributed by atoms with Crippen LogP contribution in [0, 0.1) is 0 Å². The number of aliphatic hydroxyl groups excluding tert-OH is 1. The van der Waals surface area contributed by atoms with E-state index in [2.05, 4.69) is 5.48 Å². The summed E-state index contributed by atoms with van der Waals surface area (Å²) < 4.78 is 0. The quantitative estimate of drug-likeness (QED) is 0.551. The first kappa shape index (κ1) is 13.4. The zero-order chi connectivity index (χ0) is 11.2. The number of rotatable bonds is 6. The van der Waals surface area contributed by atoms with Crippen molar-refractivity contribution in [3.05, 3.63) is 0 Å². The van der Waals surface area contributed by atoms with Gasteiger partial charge in [0.1, 0.15) is 6.04 Å². The summed E-state index contributed by atoms with van der Waals surface area (Å²) in [6.07, 6.45) is 0.791. The fraction of sp³-hybridized carbons (Fsp3) is 0.889. The third-order valence-electron chi connectivity index (χ3n) is 1.46. The Kier molecular flexibility index (Phi) is 5.68. The number of hydrogen-bond donors (Lipinski definition) is 3. The third kappa shape index (κ3) is 6.82. The van der Waals surface area contributed by atoms with Gasteiger partial charge in [-0.1, -0.05) is 0 Å². The average Bonchev–Trinajstić information content (AvgIpc) is 2.01. The molecular formula is C9H19NO4. The number of carboxylic acids is 1. The molecular weight excluding hydrogens is 186 g/mol. The highest BCUT2D eigenvalue weighted by Crippen LogP contribution is 2.06. The summed E-state index contributed by atoms with van der Waals surface area (Å²) in [4.78, 5) is 15.8. The van der Waals surface area contributed by atoms with Crippen molar-refractivity contribution in [1.82, 2.24) is 5.48 Å². The molecule has 0 bridgehead atoms. The van der Waals surface area contributed by atoms with Crippen molar-refractivity contribution in [3.8, 4) is 0 Å². The first-order valence-corrected chi connectivity index (χ1v) is 4.64. The van der Waals surface area contributed by atoms with Gasteiger partial charge in [0, 0.05) is 6.61 Å². The van der Waals surface area contributed by atoms with Gasteiger partial charge in [-0.15, -0.1) is 0 Å². The van der Waals surface area contributed by atoms with Crippen LogP contribution in [-0.2, 0) is 9.63 Å². The van der Waals surface area contributed by atoms with Gasteiger partial charge in [-0.05, 0) is 33.6 Å². The van der Waals surface area contributed by atoms with Gasteiger partial charge in [-0.25, -0.2) is 0 Å². The van der Waals surface area contributed by atoms with Crippen LogP contribution in [0.4, 0.5) is 0 Å². The fourth-order valence-electron chi connectivity index (χ4n) is 0.776. The molecule has 5 nitrogen and oxygen atoms in total. The molecule has 0 aromatic rings. The van der Waals surface area contributed by atoms with E-state index in [9.17, 15) is 4.79 Å². The van der Waals surface area contributed by atoms with Crippen molar-refractivity contribution in [2.24, 2.45) is 0 Å². The standard InChI is InChI=1S/C9H19NO4/c1-9(2,3)14-10-7(8(12)13)5-4-6-11/h7,10-11H,4-6H2,1-3H3,(H,12,13). The highest BCUT2D eigenvalue weighted by atomic mass is 16.7. The number of aliphatic carboxylic acids is 1. The summed E-state index contributed by atoms with van der Waals surface area (Å²) in [6.45, 7) is 5.46. The zero-order valence-corrected chi connectivity index (χ0v) is 8.91. The zero-order valence-electron chi connectivity index (χ0n) is 8.91. The van der Waals surface area contributed by atoms with E-state index in [0.29, 0.717) is 12.8 Å². The van der Waals surface area contributed by atoms with Gasteiger partial charge in [0.05, 0.1) is 5.60 Å². The first-order chi connectivity index (χ1) is 6.37. The van der Waals surface area contributed by atoms with Crippen LogP contribution in [0.1, 0.15) is 33.6 Å². The second-order valence-corrected chi connectivity index (χ2v) is 4.09. The molecule has 0 spiro atoms. The van der Waals surface area contributed by atoms with Crippen LogP contribution in [0.2, 0.25) is 0 Å². The Hall–Kier alpha value is -0.650. The van der Waals surface area contributed by atoms with Gasteiger partial charge in [0.2, 0.25) is 0 Å². The molecule has 0 saturated carbocycles. The van der Waals surface area contributed by atoms with Crippen LogP contribution >= 0.6 is 0 Å². The van der Waals surface area contributed by atoms with E-state index in [0.717, 1.165) is 0 Å². The van der Waals surface area contributed by atoms with Crippen LogP contribution in [0.25, 0.3) is 0 Å². The van der Waals surface area contributed by atoms with Gasteiger partial charge in [-0.2, -0.15) is 5.48 Å². The topological polar surface area (TPSA) is 78.8 Å². The maximum absolute atomic E-state index is 10.7. The second-order valence-electron chi connectivity index (χ2n) is 4.09. The smallest absolute Gasteiger partial charge is 0.323 e. The maximum Gasteiger partial charge on any atom is 0.323 e. The van der Waals surface area contributed by atoms with Gasteiger partial charge in [0.25, 0.3) is 0 Å². The summed E-state index contributed by atoms with van der Waals surface area (Å²) >= 11 is 0. The number of carboxylic acid groups (broad SMARTS) is 1. The molecule has 5 heteroatoms. The minimum Gasteiger partial charge on any atom is -0.480 e. The lowest BCUT2D eigenvalue weighted by Crippen LogP contribution is -2.41. The van der Waals surface area contributed by atoms with Crippen molar-refractivity contribution in [2.75, 3.05) is 6.61 Å². The summed E-state index contributed by atoms with van der Waals surface area (Å²) in [5, 5.41) is 17.3. The van der Waals surface area contributed by atoms with Crippen LogP contribution in [-0.4, -0.2) is 34.4 Å². The average molecular weight is 205 g/mol. The lowest BCUT2D eigenvalue weighted by molar-refractivity contribution is -0.150. The minimum atomic E-state index is -0.970. The molecule has 0 saturated heterocycles. The Morgan fingerprint density at radius 1 is 1.50 bits per heavy atom. The lowest BCUT2D eigenvalue weighted by Gasteiger charge is -2.22. The van der Waals surface area contributed by atoms with Crippen LogP contribution in [0.15, 0.2) is 0 Å². The summed E-state index contributed by atoms with van der Waals surface area (Å²) in [5.41, 5.74) is 2.06. The highest BCUT2D eigenvalue weighted by molar-refractivity contribution is 5.73.